The lowest BCUT2D eigenvalue weighted by Gasteiger charge is -2.39. The van der Waals surface area contributed by atoms with Gasteiger partial charge in [0.15, 0.2) is 0 Å². The minimum Gasteiger partial charge on any atom is -0.383 e. The first-order valence-corrected chi connectivity index (χ1v) is 7.67. The van der Waals surface area contributed by atoms with Gasteiger partial charge in [-0.15, -0.1) is 0 Å². The van der Waals surface area contributed by atoms with Crippen LogP contribution in [0.25, 0.3) is 0 Å². The standard InChI is InChI=1S/C15H21Cl2NO2/c1-19-10-7-18-11-15(5-8-20-9-6-15)14-12(16)3-2-4-13(14)17/h2-4,18H,5-11H2,1H3. The van der Waals surface area contributed by atoms with Crippen LogP contribution in [-0.4, -0.2) is 40.0 Å². The predicted molar refractivity (Wildman–Crippen MR) is 82.9 cm³/mol. The molecule has 1 aromatic rings. The summed E-state index contributed by atoms with van der Waals surface area (Å²) in [4.78, 5) is 0. The predicted octanol–water partition coefficient (Wildman–Crippen LogP) is 3.28. The van der Waals surface area contributed by atoms with E-state index < -0.39 is 0 Å². The largest absolute Gasteiger partial charge is 0.383 e. The van der Waals surface area contributed by atoms with Gasteiger partial charge in [0.1, 0.15) is 0 Å². The van der Waals surface area contributed by atoms with Crippen LogP contribution in [0.4, 0.5) is 0 Å². The first kappa shape index (κ1) is 16.1. The minimum atomic E-state index is -0.0541. The fraction of sp³-hybridized carbons (Fsp3) is 0.600. The normalized spacial score (nSPS) is 18.1. The summed E-state index contributed by atoms with van der Waals surface area (Å²) < 4.78 is 10.6. The second-order valence-electron chi connectivity index (χ2n) is 5.16. The van der Waals surface area contributed by atoms with Crippen LogP contribution < -0.4 is 5.32 Å². The Labute approximate surface area is 130 Å². The van der Waals surface area contributed by atoms with Gasteiger partial charge < -0.3 is 14.8 Å². The van der Waals surface area contributed by atoms with Gasteiger partial charge in [-0.25, -0.2) is 0 Å². The van der Waals surface area contributed by atoms with E-state index in [9.17, 15) is 0 Å². The molecule has 0 atom stereocenters. The molecule has 1 aromatic carbocycles. The highest BCUT2D eigenvalue weighted by atomic mass is 35.5. The summed E-state index contributed by atoms with van der Waals surface area (Å²) in [7, 11) is 1.71. The fourth-order valence-electron chi connectivity index (χ4n) is 2.78. The van der Waals surface area contributed by atoms with Crippen molar-refractivity contribution in [1.82, 2.24) is 5.32 Å². The summed E-state index contributed by atoms with van der Waals surface area (Å²) in [6.07, 6.45) is 1.85. The van der Waals surface area contributed by atoms with Crippen LogP contribution in [0, 0.1) is 0 Å². The third-order valence-corrected chi connectivity index (χ3v) is 4.52. The van der Waals surface area contributed by atoms with Gasteiger partial charge in [0.2, 0.25) is 0 Å². The second kappa shape index (κ2) is 7.62. The first-order valence-electron chi connectivity index (χ1n) is 6.91. The van der Waals surface area contributed by atoms with E-state index in [-0.39, 0.29) is 5.41 Å². The van der Waals surface area contributed by atoms with Gasteiger partial charge in [0.25, 0.3) is 0 Å². The Hall–Kier alpha value is -0.320. The Kier molecular flexibility index (Phi) is 6.12. The van der Waals surface area contributed by atoms with Crippen LogP contribution in [0.15, 0.2) is 18.2 Å². The molecule has 1 heterocycles. The van der Waals surface area contributed by atoms with Crippen LogP contribution in [0.3, 0.4) is 0 Å². The molecule has 0 unspecified atom stereocenters. The molecule has 1 saturated heterocycles. The molecule has 1 aliphatic heterocycles. The van der Waals surface area contributed by atoms with E-state index in [4.69, 9.17) is 32.7 Å². The van der Waals surface area contributed by atoms with Crippen LogP contribution in [0.1, 0.15) is 18.4 Å². The minimum absolute atomic E-state index is 0.0541. The second-order valence-corrected chi connectivity index (χ2v) is 5.97. The van der Waals surface area contributed by atoms with Gasteiger partial charge in [-0.1, -0.05) is 29.3 Å². The molecule has 0 amide bonds. The molecule has 0 bridgehead atoms. The molecule has 1 N–H and O–H groups in total. The highest BCUT2D eigenvalue weighted by Crippen LogP contribution is 2.42. The number of nitrogens with one attached hydrogen (secondary N) is 1. The van der Waals surface area contributed by atoms with Crippen LogP contribution >= 0.6 is 23.2 Å². The molecule has 5 heteroatoms. The van der Waals surface area contributed by atoms with Crippen LogP contribution in [-0.2, 0) is 14.9 Å². The molecule has 0 spiro atoms. The van der Waals surface area contributed by atoms with E-state index in [1.807, 2.05) is 18.2 Å². The quantitative estimate of drug-likeness (QED) is 0.817. The number of hydrogen-bond acceptors (Lipinski definition) is 3. The zero-order chi connectivity index (χ0) is 14.4. The Balaban J connectivity index is 2.22. The van der Waals surface area contributed by atoms with Gasteiger partial charge >= 0.3 is 0 Å². The Morgan fingerprint density at radius 2 is 1.90 bits per heavy atom. The Morgan fingerprint density at radius 1 is 1.25 bits per heavy atom. The average molecular weight is 318 g/mol. The maximum absolute atomic E-state index is 6.41. The van der Waals surface area contributed by atoms with Gasteiger partial charge in [-0.05, 0) is 30.5 Å². The molecule has 2 rings (SSSR count). The third-order valence-electron chi connectivity index (χ3n) is 3.89. The van der Waals surface area contributed by atoms with Crippen molar-refractivity contribution in [3.8, 4) is 0 Å². The number of methoxy groups -OCH3 is 1. The number of hydrogen-bond donors (Lipinski definition) is 1. The van der Waals surface area contributed by atoms with E-state index in [2.05, 4.69) is 5.32 Å². The Bertz CT molecular complexity index is 414. The van der Waals surface area contributed by atoms with E-state index in [0.717, 1.165) is 54.8 Å². The smallest absolute Gasteiger partial charge is 0.0587 e. The topological polar surface area (TPSA) is 30.5 Å². The SMILES string of the molecule is COCCNCC1(c2c(Cl)cccc2Cl)CCOCC1. The lowest BCUT2D eigenvalue weighted by Crippen LogP contribution is -2.44. The number of halogens is 2. The molecular formula is C15H21Cl2NO2. The fourth-order valence-corrected chi connectivity index (χ4v) is 3.58. The maximum Gasteiger partial charge on any atom is 0.0587 e. The molecular weight excluding hydrogens is 297 g/mol. The average Bonchev–Trinajstić information content (AvgIpc) is 2.45. The molecule has 112 valence electrons. The van der Waals surface area contributed by atoms with Crippen LogP contribution in [0.2, 0.25) is 10.0 Å². The molecule has 1 fully saturated rings. The lowest BCUT2D eigenvalue weighted by atomic mass is 9.74. The van der Waals surface area contributed by atoms with E-state index in [1.165, 1.54) is 0 Å². The van der Waals surface area contributed by atoms with Crippen molar-refractivity contribution in [1.29, 1.82) is 0 Å². The molecule has 1 aliphatic rings. The summed E-state index contributed by atoms with van der Waals surface area (Å²) in [5.74, 6) is 0. The van der Waals surface area contributed by atoms with Crippen molar-refractivity contribution >= 4 is 23.2 Å². The molecule has 0 saturated carbocycles. The highest BCUT2D eigenvalue weighted by molar-refractivity contribution is 6.36. The molecule has 3 nitrogen and oxygen atoms in total. The summed E-state index contributed by atoms with van der Waals surface area (Å²) in [6.45, 7) is 3.84. The summed E-state index contributed by atoms with van der Waals surface area (Å²) in [5, 5.41) is 4.94. The van der Waals surface area contributed by atoms with Crippen LogP contribution in [0.5, 0.6) is 0 Å². The molecule has 0 aliphatic carbocycles. The van der Waals surface area contributed by atoms with Gasteiger partial charge in [-0.3, -0.25) is 0 Å². The first-order chi connectivity index (χ1) is 9.69. The van der Waals surface area contributed by atoms with E-state index in [0.29, 0.717) is 6.61 Å². The van der Waals surface area contributed by atoms with Crippen molar-refractivity contribution in [3.05, 3.63) is 33.8 Å². The summed E-state index contributed by atoms with van der Waals surface area (Å²) in [6, 6.07) is 5.71. The Morgan fingerprint density at radius 3 is 2.50 bits per heavy atom. The van der Waals surface area contributed by atoms with E-state index in [1.54, 1.807) is 7.11 Å². The zero-order valence-corrected chi connectivity index (χ0v) is 13.3. The van der Waals surface area contributed by atoms with Crippen molar-refractivity contribution in [2.24, 2.45) is 0 Å². The number of ether oxygens (including phenoxy) is 2. The lowest BCUT2D eigenvalue weighted by molar-refractivity contribution is 0.0493. The number of rotatable bonds is 6. The molecule has 0 aromatic heterocycles. The molecule has 0 radical (unpaired) electrons. The highest BCUT2D eigenvalue weighted by Gasteiger charge is 2.37. The maximum atomic E-state index is 6.41. The van der Waals surface area contributed by atoms with Crippen molar-refractivity contribution in [3.63, 3.8) is 0 Å². The van der Waals surface area contributed by atoms with Crippen molar-refractivity contribution in [2.75, 3.05) is 40.0 Å². The molecule has 20 heavy (non-hydrogen) atoms. The van der Waals surface area contributed by atoms with Gasteiger partial charge in [-0.2, -0.15) is 0 Å². The van der Waals surface area contributed by atoms with Gasteiger partial charge in [0, 0.05) is 48.9 Å². The summed E-state index contributed by atoms with van der Waals surface area (Å²) >= 11 is 12.8. The number of benzene rings is 1. The van der Waals surface area contributed by atoms with Gasteiger partial charge in [0.05, 0.1) is 6.61 Å². The summed E-state index contributed by atoms with van der Waals surface area (Å²) in [5.41, 5.74) is 0.998. The van der Waals surface area contributed by atoms with Crippen molar-refractivity contribution in [2.45, 2.75) is 18.3 Å². The monoisotopic (exact) mass is 317 g/mol. The van der Waals surface area contributed by atoms with Crippen molar-refractivity contribution < 1.29 is 9.47 Å². The zero-order valence-electron chi connectivity index (χ0n) is 11.8. The third kappa shape index (κ3) is 3.66. The van der Waals surface area contributed by atoms with E-state index >= 15 is 0 Å².